The monoisotopic (exact) mass is 257 g/mol. The Bertz CT molecular complexity index is 549. The summed E-state index contributed by atoms with van der Waals surface area (Å²) >= 11 is 0. The van der Waals surface area contributed by atoms with Gasteiger partial charge in [-0.25, -0.2) is 4.98 Å². The molecule has 19 heavy (non-hydrogen) atoms. The van der Waals surface area contributed by atoms with E-state index in [9.17, 15) is 0 Å². The molecule has 3 nitrogen and oxygen atoms in total. The average molecular weight is 257 g/mol. The summed E-state index contributed by atoms with van der Waals surface area (Å²) in [4.78, 5) is 7.12. The summed E-state index contributed by atoms with van der Waals surface area (Å²) in [6, 6.07) is 10.5. The van der Waals surface area contributed by atoms with Crippen molar-refractivity contribution in [2.75, 3.05) is 24.5 Å². The Morgan fingerprint density at radius 1 is 1.26 bits per heavy atom. The van der Waals surface area contributed by atoms with E-state index < -0.39 is 0 Å². The third-order valence-corrected chi connectivity index (χ3v) is 3.17. The summed E-state index contributed by atoms with van der Waals surface area (Å²) in [5.74, 6) is 1.66. The molecule has 0 saturated carbocycles. The van der Waals surface area contributed by atoms with Crippen molar-refractivity contribution in [2.45, 2.75) is 20.8 Å². The van der Waals surface area contributed by atoms with Crippen molar-refractivity contribution in [3.8, 4) is 0 Å². The molecular weight excluding hydrogens is 234 g/mol. The van der Waals surface area contributed by atoms with Gasteiger partial charge < -0.3 is 10.6 Å². The van der Waals surface area contributed by atoms with Gasteiger partial charge in [-0.15, -0.1) is 0 Å². The Labute approximate surface area is 115 Å². The molecule has 1 heterocycles. The van der Waals surface area contributed by atoms with Gasteiger partial charge in [0.05, 0.1) is 5.52 Å². The van der Waals surface area contributed by atoms with E-state index in [0.29, 0.717) is 12.5 Å². The first-order valence-electron chi connectivity index (χ1n) is 6.93. The van der Waals surface area contributed by atoms with Crippen LogP contribution in [0.2, 0.25) is 0 Å². The van der Waals surface area contributed by atoms with Gasteiger partial charge in [-0.3, -0.25) is 0 Å². The minimum Gasteiger partial charge on any atom is -0.355 e. The van der Waals surface area contributed by atoms with E-state index in [-0.39, 0.29) is 0 Å². The molecule has 0 atom stereocenters. The smallest absolute Gasteiger partial charge is 0.132 e. The van der Waals surface area contributed by atoms with Crippen molar-refractivity contribution < 1.29 is 0 Å². The van der Waals surface area contributed by atoms with Crippen LogP contribution >= 0.6 is 0 Å². The van der Waals surface area contributed by atoms with Crippen LogP contribution in [0.3, 0.4) is 0 Å². The lowest BCUT2D eigenvalue weighted by atomic mass is 10.1. The number of hydrogen-bond donors (Lipinski definition) is 1. The minimum atomic E-state index is 0.597. The molecule has 0 aliphatic rings. The Balaban J connectivity index is 2.43. The van der Waals surface area contributed by atoms with Crippen LogP contribution in [-0.4, -0.2) is 24.6 Å². The fraction of sp³-hybridized carbons (Fsp3) is 0.438. The highest BCUT2D eigenvalue weighted by Crippen LogP contribution is 2.23. The molecule has 0 unspecified atom stereocenters. The zero-order valence-corrected chi connectivity index (χ0v) is 12.1. The molecule has 0 radical (unpaired) electrons. The van der Waals surface area contributed by atoms with Crippen molar-refractivity contribution in [3.63, 3.8) is 0 Å². The second-order valence-electron chi connectivity index (χ2n) is 5.45. The van der Waals surface area contributed by atoms with Crippen LogP contribution < -0.4 is 10.6 Å². The van der Waals surface area contributed by atoms with Gasteiger partial charge in [-0.05, 0) is 30.5 Å². The molecule has 0 amide bonds. The molecule has 102 valence electrons. The van der Waals surface area contributed by atoms with Crippen LogP contribution in [0.5, 0.6) is 0 Å². The molecule has 3 heteroatoms. The van der Waals surface area contributed by atoms with E-state index in [2.05, 4.69) is 49.9 Å². The van der Waals surface area contributed by atoms with Gasteiger partial charge >= 0.3 is 0 Å². The summed E-state index contributed by atoms with van der Waals surface area (Å²) in [7, 11) is 0. The summed E-state index contributed by atoms with van der Waals surface area (Å²) in [5, 5.41) is 1.20. The summed E-state index contributed by atoms with van der Waals surface area (Å²) < 4.78 is 0. The number of nitrogens with two attached hydrogens (primary N) is 1. The van der Waals surface area contributed by atoms with Crippen molar-refractivity contribution >= 4 is 16.7 Å². The molecule has 2 aromatic rings. The van der Waals surface area contributed by atoms with Gasteiger partial charge in [-0.1, -0.05) is 32.0 Å². The van der Waals surface area contributed by atoms with E-state index >= 15 is 0 Å². The van der Waals surface area contributed by atoms with Gasteiger partial charge in [0.1, 0.15) is 5.82 Å². The van der Waals surface area contributed by atoms with Gasteiger partial charge in [0.2, 0.25) is 0 Å². The standard InChI is InChI=1S/C16H23N3/c1-12(2)11-19(9-8-17)16-13(3)10-14-6-4-5-7-15(14)18-16/h4-7,10,12H,8-9,11,17H2,1-3H3. The number of fused-ring (bicyclic) bond motifs is 1. The third kappa shape index (κ3) is 3.24. The van der Waals surface area contributed by atoms with E-state index in [1.807, 2.05) is 6.07 Å². The summed E-state index contributed by atoms with van der Waals surface area (Å²) in [6.45, 7) is 9.06. The molecule has 1 aromatic carbocycles. The minimum absolute atomic E-state index is 0.597. The van der Waals surface area contributed by atoms with Crippen LogP contribution in [0.25, 0.3) is 10.9 Å². The lowest BCUT2D eigenvalue weighted by Gasteiger charge is -2.26. The fourth-order valence-electron chi connectivity index (χ4n) is 2.41. The van der Waals surface area contributed by atoms with Crippen LogP contribution in [0.4, 0.5) is 5.82 Å². The molecule has 0 fully saturated rings. The molecule has 0 aliphatic carbocycles. The Hall–Kier alpha value is -1.61. The number of hydrogen-bond acceptors (Lipinski definition) is 3. The van der Waals surface area contributed by atoms with Crippen LogP contribution in [0, 0.1) is 12.8 Å². The highest BCUT2D eigenvalue weighted by Gasteiger charge is 2.12. The predicted octanol–water partition coefficient (Wildman–Crippen LogP) is 2.96. The van der Waals surface area contributed by atoms with Crippen LogP contribution in [0.1, 0.15) is 19.4 Å². The first kappa shape index (κ1) is 13.8. The van der Waals surface area contributed by atoms with Gasteiger partial charge in [0.15, 0.2) is 0 Å². The fourth-order valence-corrected chi connectivity index (χ4v) is 2.41. The lowest BCUT2D eigenvalue weighted by molar-refractivity contribution is 0.607. The maximum absolute atomic E-state index is 5.74. The number of aryl methyl sites for hydroxylation is 1. The van der Waals surface area contributed by atoms with Crippen molar-refractivity contribution in [3.05, 3.63) is 35.9 Å². The number of anilines is 1. The predicted molar refractivity (Wildman–Crippen MR) is 82.6 cm³/mol. The van der Waals surface area contributed by atoms with Gasteiger partial charge in [-0.2, -0.15) is 0 Å². The molecule has 2 rings (SSSR count). The van der Waals surface area contributed by atoms with E-state index in [1.54, 1.807) is 0 Å². The average Bonchev–Trinajstić information content (AvgIpc) is 2.37. The molecule has 1 aromatic heterocycles. The Morgan fingerprint density at radius 2 is 2.00 bits per heavy atom. The Kier molecular flexibility index (Phi) is 4.38. The largest absolute Gasteiger partial charge is 0.355 e. The number of benzene rings is 1. The first-order valence-corrected chi connectivity index (χ1v) is 6.93. The van der Waals surface area contributed by atoms with Crippen molar-refractivity contribution in [1.29, 1.82) is 0 Å². The first-order chi connectivity index (χ1) is 9.11. The quantitative estimate of drug-likeness (QED) is 0.895. The molecule has 0 spiro atoms. The van der Waals surface area contributed by atoms with E-state index in [1.165, 1.54) is 10.9 Å². The maximum Gasteiger partial charge on any atom is 0.132 e. The molecule has 0 aliphatic heterocycles. The second kappa shape index (κ2) is 6.02. The third-order valence-electron chi connectivity index (χ3n) is 3.17. The normalized spacial score (nSPS) is 11.2. The highest BCUT2D eigenvalue weighted by atomic mass is 15.2. The number of para-hydroxylation sites is 1. The summed E-state index contributed by atoms with van der Waals surface area (Å²) in [5.41, 5.74) is 8.00. The van der Waals surface area contributed by atoms with Crippen LogP contribution in [0.15, 0.2) is 30.3 Å². The highest BCUT2D eigenvalue weighted by molar-refractivity contribution is 5.81. The molecule has 2 N–H and O–H groups in total. The van der Waals surface area contributed by atoms with E-state index in [0.717, 1.165) is 24.4 Å². The number of rotatable bonds is 5. The number of pyridine rings is 1. The number of aromatic nitrogens is 1. The van der Waals surface area contributed by atoms with Crippen LogP contribution in [-0.2, 0) is 0 Å². The molecular formula is C16H23N3. The van der Waals surface area contributed by atoms with Crippen molar-refractivity contribution in [2.24, 2.45) is 11.7 Å². The van der Waals surface area contributed by atoms with E-state index in [4.69, 9.17) is 10.7 Å². The second-order valence-corrected chi connectivity index (χ2v) is 5.45. The van der Waals surface area contributed by atoms with Gasteiger partial charge in [0.25, 0.3) is 0 Å². The Morgan fingerprint density at radius 3 is 2.68 bits per heavy atom. The summed E-state index contributed by atoms with van der Waals surface area (Å²) in [6.07, 6.45) is 0. The topological polar surface area (TPSA) is 42.2 Å². The lowest BCUT2D eigenvalue weighted by Crippen LogP contribution is -2.33. The zero-order valence-electron chi connectivity index (χ0n) is 12.1. The SMILES string of the molecule is Cc1cc2ccccc2nc1N(CCN)CC(C)C. The van der Waals surface area contributed by atoms with Crippen molar-refractivity contribution in [1.82, 2.24) is 4.98 Å². The molecule has 0 bridgehead atoms. The van der Waals surface area contributed by atoms with Gasteiger partial charge in [0, 0.05) is 25.0 Å². The zero-order chi connectivity index (χ0) is 13.8. The maximum atomic E-state index is 5.74. The molecule has 0 saturated heterocycles. The number of nitrogens with zero attached hydrogens (tertiary/aromatic N) is 2.